The van der Waals surface area contributed by atoms with E-state index in [9.17, 15) is 0 Å². The number of hydrogen-bond acceptors (Lipinski definition) is 3. The van der Waals surface area contributed by atoms with Crippen LogP contribution < -0.4 is 4.90 Å². The summed E-state index contributed by atoms with van der Waals surface area (Å²) >= 11 is 6.79. The summed E-state index contributed by atoms with van der Waals surface area (Å²) in [7, 11) is 1.69. The van der Waals surface area contributed by atoms with E-state index in [2.05, 4.69) is 50.6 Å². The van der Waals surface area contributed by atoms with Gasteiger partial charge in [-0.3, -0.25) is 4.98 Å². The Balaban J connectivity index is 2.46. The van der Waals surface area contributed by atoms with E-state index in [4.69, 9.17) is 16.3 Å². The molecule has 1 saturated carbocycles. The zero-order valence-corrected chi connectivity index (χ0v) is 17.6. The lowest BCUT2D eigenvalue weighted by molar-refractivity contribution is 0.181. The number of hydrogen-bond donors (Lipinski definition) is 0. The quantitative estimate of drug-likeness (QED) is 0.596. The highest BCUT2D eigenvalue weighted by Gasteiger charge is 2.37. The second kappa shape index (κ2) is 8.26. The molecule has 1 fully saturated rings. The molecule has 0 aromatic carbocycles. The first-order chi connectivity index (χ1) is 11.7. The molecule has 4 heteroatoms. The van der Waals surface area contributed by atoms with Crippen LogP contribution in [0.25, 0.3) is 0 Å². The van der Waals surface area contributed by atoms with Crippen LogP contribution in [-0.2, 0) is 11.3 Å². The van der Waals surface area contributed by atoms with Gasteiger partial charge < -0.3 is 9.64 Å². The molecule has 3 nitrogen and oxygen atoms in total. The van der Waals surface area contributed by atoms with Gasteiger partial charge in [0, 0.05) is 24.9 Å². The fourth-order valence-electron chi connectivity index (χ4n) is 4.64. The molecule has 1 aromatic heterocycles. The van der Waals surface area contributed by atoms with Crippen molar-refractivity contribution in [2.24, 2.45) is 5.41 Å². The lowest BCUT2D eigenvalue weighted by Gasteiger charge is -2.49. The summed E-state index contributed by atoms with van der Waals surface area (Å²) in [5, 5.41) is 0.747. The summed E-state index contributed by atoms with van der Waals surface area (Å²) in [4.78, 5) is 7.03. The van der Waals surface area contributed by atoms with Crippen molar-refractivity contribution in [1.29, 1.82) is 0 Å². The highest BCUT2D eigenvalue weighted by Crippen LogP contribution is 2.42. The van der Waals surface area contributed by atoms with Crippen LogP contribution in [0.4, 0.5) is 5.69 Å². The van der Waals surface area contributed by atoms with Gasteiger partial charge >= 0.3 is 0 Å². The topological polar surface area (TPSA) is 25.4 Å². The molecule has 2 rings (SSSR count). The first kappa shape index (κ1) is 20.5. The predicted octanol–water partition coefficient (Wildman–Crippen LogP) is 6.24. The maximum absolute atomic E-state index is 6.79. The van der Waals surface area contributed by atoms with Crippen molar-refractivity contribution in [3.8, 4) is 0 Å². The lowest BCUT2D eigenvalue weighted by atomic mass is 9.78. The smallest absolute Gasteiger partial charge is 0.0900 e. The third-order valence-corrected chi connectivity index (χ3v) is 5.45. The third-order valence-electron chi connectivity index (χ3n) is 5.04. The molecule has 142 valence electrons. The Bertz CT molecular complexity index is 560. The largest absolute Gasteiger partial charge is 0.378 e. The molecule has 1 aliphatic rings. The number of nitrogens with zero attached hydrogens (tertiary/aromatic N) is 2. The van der Waals surface area contributed by atoms with E-state index in [-0.39, 0.29) is 11.0 Å². The zero-order chi connectivity index (χ0) is 18.7. The molecule has 0 amide bonds. The molecule has 25 heavy (non-hydrogen) atoms. The van der Waals surface area contributed by atoms with E-state index < -0.39 is 0 Å². The Morgan fingerprint density at radius 3 is 2.36 bits per heavy atom. The van der Waals surface area contributed by atoms with Crippen molar-refractivity contribution in [3.63, 3.8) is 0 Å². The van der Waals surface area contributed by atoms with E-state index in [1.54, 1.807) is 7.11 Å². The molecule has 0 N–H and O–H groups in total. The predicted molar refractivity (Wildman–Crippen MR) is 107 cm³/mol. The maximum atomic E-state index is 6.79. The second-order valence-corrected chi connectivity index (χ2v) is 9.61. The van der Waals surface area contributed by atoms with Crippen molar-refractivity contribution in [1.82, 2.24) is 4.98 Å². The monoisotopic (exact) mass is 366 g/mol. The van der Waals surface area contributed by atoms with Crippen LogP contribution in [-0.4, -0.2) is 23.7 Å². The van der Waals surface area contributed by atoms with Crippen molar-refractivity contribution in [2.45, 2.75) is 91.3 Å². The molecule has 0 radical (unpaired) electrons. The highest BCUT2D eigenvalue weighted by atomic mass is 35.5. The van der Waals surface area contributed by atoms with Gasteiger partial charge in [-0.15, -0.1) is 0 Å². The molecule has 0 spiro atoms. The van der Waals surface area contributed by atoms with E-state index in [0.717, 1.165) is 22.8 Å². The first-order valence-electron chi connectivity index (χ1n) is 9.57. The van der Waals surface area contributed by atoms with Crippen LogP contribution in [0.3, 0.4) is 0 Å². The van der Waals surface area contributed by atoms with Crippen LogP contribution in [0.5, 0.6) is 0 Å². The fraction of sp³-hybridized carbons (Fsp3) is 0.762. The minimum Gasteiger partial charge on any atom is -0.378 e. The van der Waals surface area contributed by atoms with Gasteiger partial charge in [0.1, 0.15) is 0 Å². The minimum absolute atomic E-state index is 0.0234. The van der Waals surface area contributed by atoms with Crippen LogP contribution in [0.15, 0.2) is 12.3 Å². The van der Waals surface area contributed by atoms with Gasteiger partial charge in [0.15, 0.2) is 0 Å². The van der Waals surface area contributed by atoms with Crippen molar-refractivity contribution < 1.29 is 4.74 Å². The number of rotatable bonds is 6. The molecular weight excluding hydrogens is 332 g/mol. The van der Waals surface area contributed by atoms with Gasteiger partial charge in [-0.25, -0.2) is 0 Å². The Kier molecular flexibility index (Phi) is 6.78. The number of aromatic nitrogens is 1. The Labute approximate surface area is 159 Å². The van der Waals surface area contributed by atoms with E-state index in [1.165, 1.54) is 32.1 Å². The van der Waals surface area contributed by atoms with Crippen molar-refractivity contribution in [2.75, 3.05) is 12.0 Å². The number of anilines is 1. The average molecular weight is 367 g/mol. The molecule has 1 heterocycles. The summed E-state index contributed by atoms with van der Waals surface area (Å²) in [5.74, 6) is 0. The molecule has 1 aromatic rings. The standard InChI is InChI=1S/C21H35ClN2O/c1-20(2,3)15-21(4,5)24(16-10-8-7-9-11-16)18-12-13-23-17(14-25-6)19(18)22/h12-13,16H,7-11,14-15H2,1-6H3. The Morgan fingerprint density at radius 1 is 1.16 bits per heavy atom. The molecule has 0 saturated heterocycles. The van der Waals surface area contributed by atoms with Gasteiger partial charge in [0.05, 0.1) is 23.0 Å². The van der Waals surface area contributed by atoms with Gasteiger partial charge in [-0.2, -0.15) is 0 Å². The van der Waals surface area contributed by atoms with Gasteiger partial charge in [0.2, 0.25) is 0 Å². The molecule has 0 bridgehead atoms. The SMILES string of the molecule is COCc1nccc(N(C2CCCCC2)C(C)(C)CC(C)(C)C)c1Cl. The first-order valence-corrected chi connectivity index (χ1v) is 9.95. The molecule has 0 unspecified atom stereocenters. The zero-order valence-electron chi connectivity index (χ0n) is 16.9. The van der Waals surface area contributed by atoms with E-state index in [0.29, 0.717) is 12.6 Å². The van der Waals surface area contributed by atoms with Gasteiger partial charge in [-0.1, -0.05) is 51.6 Å². The summed E-state index contributed by atoms with van der Waals surface area (Å²) in [6.45, 7) is 12.1. The van der Waals surface area contributed by atoms with Crippen LogP contribution >= 0.6 is 11.6 Å². The van der Waals surface area contributed by atoms with Crippen molar-refractivity contribution >= 4 is 17.3 Å². The van der Waals surface area contributed by atoms with Crippen LogP contribution in [0, 0.1) is 5.41 Å². The Morgan fingerprint density at radius 2 is 1.80 bits per heavy atom. The number of halogens is 1. The second-order valence-electron chi connectivity index (χ2n) is 9.24. The number of methoxy groups -OCH3 is 1. The fourth-order valence-corrected chi connectivity index (χ4v) is 4.90. The maximum Gasteiger partial charge on any atom is 0.0900 e. The van der Waals surface area contributed by atoms with E-state index >= 15 is 0 Å². The molecule has 1 aliphatic carbocycles. The van der Waals surface area contributed by atoms with Crippen molar-refractivity contribution in [3.05, 3.63) is 23.0 Å². The normalized spacial score (nSPS) is 16.9. The summed E-state index contributed by atoms with van der Waals surface area (Å²) < 4.78 is 5.29. The number of ether oxygens (including phenoxy) is 1. The van der Waals surface area contributed by atoms with Gasteiger partial charge in [0.25, 0.3) is 0 Å². The summed E-state index contributed by atoms with van der Waals surface area (Å²) in [5.41, 5.74) is 2.22. The summed E-state index contributed by atoms with van der Waals surface area (Å²) in [6, 6.07) is 2.63. The lowest BCUT2D eigenvalue weighted by Crippen LogP contribution is -2.52. The number of pyridine rings is 1. The average Bonchev–Trinajstić information content (AvgIpc) is 2.50. The van der Waals surface area contributed by atoms with Crippen LogP contribution in [0.1, 0.15) is 78.8 Å². The molecule has 0 aliphatic heterocycles. The molecule has 0 atom stereocenters. The molecular formula is C21H35ClN2O. The van der Waals surface area contributed by atoms with Crippen LogP contribution in [0.2, 0.25) is 5.02 Å². The van der Waals surface area contributed by atoms with E-state index in [1.807, 2.05) is 6.20 Å². The van der Waals surface area contributed by atoms with Gasteiger partial charge in [-0.05, 0) is 44.6 Å². The highest BCUT2D eigenvalue weighted by molar-refractivity contribution is 6.33. The summed E-state index contributed by atoms with van der Waals surface area (Å²) in [6.07, 6.45) is 9.43. The Hall–Kier alpha value is -0.800. The third kappa shape index (κ3) is 5.34. The minimum atomic E-state index is 0.0234.